The van der Waals surface area contributed by atoms with E-state index in [0.717, 1.165) is 5.56 Å². The van der Waals surface area contributed by atoms with E-state index in [1.54, 1.807) is 4.90 Å². The fourth-order valence-electron chi connectivity index (χ4n) is 3.18. The van der Waals surface area contributed by atoms with Crippen LogP contribution in [-0.2, 0) is 20.9 Å². The topological polar surface area (TPSA) is 86.7 Å². The number of amides is 2. The molecule has 1 fully saturated rings. The maximum atomic E-state index is 12.4. The molecule has 0 aromatic heterocycles. The van der Waals surface area contributed by atoms with Crippen molar-refractivity contribution < 1.29 is 19.5 Å². The zero-order chi connectivity index (χ0) is 18.4. The summed E-state index contributed by atoms with van der Waals surface area (Å²) in [6.07, 6.45) is 1.07. The van der Waals surface area contributed by atoms with Gasteiger partial charge in [-0.25, -0.2) is 0 Å². The molecule has 25 heavy (non-hydrogen) atoms. The Balaban J connectivity index is 1.93. The lowest BCUT2D eigenvalue weighted by Crippen LogP contribution is -2.44. The summed E-state index contributed by atoms with van der Waals surface area (Å²) in [5.41, 5.74) is 0.0842. The van der Waals surface area contributed by atoms with E-state index in [4.69, 9.17) is 0 Å². The van der Waals surface area contributed by atoms with Gasteiger partial charge in [0.2, 0.25) is 11.8 Å². The van der Waals surface area contributed by atoms with Gasteiger partial charge in [-0.15, -0.1) is 0 Å². The highest BCUT2D eigenvalue weighted by Gasteiger charge is 2.38. The molecular formula is C19H26N2O4. The van der Waals surface area contributed by atoms with Crippen LogP contribution in [0.2, 0.25) is 0 Å². The van der Waals surface area contributed by atoms with Gasteiger partial charge in [0.05, 0.1) is 11.3 Å². The first-order chi connectivity index (χ1) is 11.9. The van der Waals surface area contributed by atoms with Crippen LogP contribution in [0.3, 0.4) is 0 Å². The van der Waals surface area contributed by atoms with Gasteiger partial charge in [0, 0.05) is 26.1 Å². The number of nitrogens with zero attached hydrogens (tertiary/aromatic N) is 1. The van der Waals surface area contributed by atoms with Gasteiger partial charge in [0.15, 0.2) is 0 Å². The normalized spacial score (nSPS) is 17.6. The molecule has 2 amide bonds. The number of aliphatic carboxylic acids is 1. The second kappa shape index (κ2) is 8.14. The van der Waals surface area contributed by atoms with E-state index >= 15 is 0 Å². The molecular weight excluding hydrogens is 320 g/mol. The van der Waals surface area contributed by atoms with Crippen LogP contribution in [0.1, 0.15) is 38.7 Å². The van der Waals surface area contributed by atoms with Gasteiger partial charge in [0.1, 0.15) is 0 Å². The highest BCUT2D eigenvalue weighted by atomic mass is 16.4. The van der Waals surface area contributed by atoms with Crippen molar-refractivity contribution in [2.75, 3.05) is 13.1 Å². The van der Waals surface area contributed by atoms with Crippen LogP contribution in [0.4, 0.5) is 0 Å². The second-order valence-electron chi connectivity index (χ2n) is 6.67. The molecule has 6 nitrogen and oxygen atoms in total. The van der Waals surface area contributed by atoms with E-state index in [1.807, 2.05) is 44.2 Å². The predicted octanol–water partition coefficient (Wildman–Crippen LogP) is 2.04. The van der Waals surface area contributed by atoms with Crippen molar-refractivity contribution in [2.24, 2.45) is 11.3 Å². The molecule has 1 aromatic rings. The molecule has 0 radical (unpaired) electrons. The maximum absolute atomic E-state index is 12.4. The molecule has 2 rings (SSSR count). The van der Waals surface area contributed by atoms with Crippen molar-refractivity contribution in [3.63, 3.8) is 0 Å². The van der Waals surface area contributed by atoms with Crippen LogP contribution in [0, 0.1) is 11.3 Å². The molecule has 0 saturated carbocycles. The lowest BCUT2D eigenvalue weighted by molar-refractivity contribution is -0.149. The molecule has 1 aliphatic heterocycles. The molecule has 1 unspecified atom stereocenters. The van der Waals surface area contributed by atoms with Crippen molar-refractivity contribution in [1.29, 1.82) is 0 Å². The summed E-state index contributed by atoms with van der Waals surface area (Å²) < 4.78 is 0. The van der Waals surface area contributed by atoms with Crippen molar-refractivity contribution in [3.05, 3.63) is 35.9 Å². The molecule has 1 aliphatic rings. The number of hydrogen-bond acceptors (Lipinski definition) is 3. The molecule has 1 saturated heterocycles. The number of benzene rings is 1. The summed E-state index contributed by atoms with van der Waals surface area (Å²) in [5.74, 6) is -1.60. The summed E-state index contributed by atoms with van der Waals surface area (Å²) in [7, 11) is 0. The van der Waals surface area contributed by atoms with Crippen molar-refractivity contribution in [2.45, 2.75) is 39.7 Å². The number of carboxylic acids is 1. The van der Waals surface area contributed by atoms with E-state index in [1.165, 1.54) is 0 Å². The lowest BCUT2D eigenvalue weighted by Gasteiger charge is -2.27. The van der Waals surface area contributed by atoms with Gasteiger partial charge in [-0.2, -0.15) is 0 Å². The number of rotatable bonds is 8. The van der Waals surface area contributed by atoms with E-state index in [-0.39, 0.29) is 24.8 Å². The first kappa shape index (κ1) is 19.0. The second-order valence-corrected chi connectivity index (χ2v) is 6.67. The van der Waals surface area contributed by atoms with E-state index in [2.05, 4.69) is 5.32 Å². The fourth-order valence-corrected chi connectivity index (χ4v) is 3.18. The number of hydrogen-bond donors (Lipinski definition) is 2. The summed E-state index contributed by atoms with van der Waals surface area (Å²) in [4.78, 5) is 37.8. The van der Waals surface area contributed by atoms with Gasteiger partial charge in [0.25, 0.3) is 0 Å². The Hall–Kier alpha value is -2.37. The van der Waals surface area contributed by atoms with Crippen molar-refractivity contribution in [3.8, 4) is 0 Å². The van der Waals surface area contributed by atoms with Crippen LogP contribution in [0.5, 0.6) is 0 Å². The first-order valence-electron chi connectivity index (χ1n) is 8.74. The lowest BCUT2D eigenvalue weighted by atomic mass is 9.82. The highest BCUT2D eigenvalue weighted by molar-refractivity contribution is 5.89. The highest BCUT2D eigenvalue weighted by Crippen LogP contribution is 2.26. The van der Waals surface area contributed by atoms with E-state index < -0.39 is 17.3 Å². The van der Waals surface area contributed by atoms with E-state index in [9.17, 15) is 19.5 Å². The minimum atomic E-state index is -0.942. The molecule has 2 N–H and O–H groups in total. The summed E-state index contributed by atoms with van der Waals surface area (Å²) >= 11 is 0. The number of carboxylic acid groups (broad SMARTS) is 1. The van der Waals surface area contributed by atoms with Gasteiger partial charge in [-0.05, 0) is 18.4 Å². The molecule has 0 spiro atoms. The smallest absolute Gasteiger partial charge is 0.311 e. The SMILES string of the molecule is CCC(CC)(CNC(=O)C1CC(=O)N(Cc2ccccc2)C1)C(=O)O. The Morgan fingerprint density at radius 1 is 1.24 bits per heavy atom. The van der Waals surface area contributed by atoms with Crippen LogP contribution in [0.25, 0.3) is 0 Å². The monoisotopic (exact) mass is 346 g/mol. The third kappa shape index (κ3) is 4.38. The molecule has 1 heterocycles. The number of nitrogens with one attached hydrogen (secondary N) is 1. The molecule has 1 atom stereocenters. The Morgan fingerprint density at radius 3 is 2.44 bits per heavy atom. The van der Waals surface area contributed by atoms with Crippen molar-refractivity contribution >= 4 is 17.8 Å². The Bertz CT molecular complexity index is 626. The Kier molecular flexibility index (Phi) is 6.17. The largest absolute Gasteiger partial charge is 0.481 e. The quantitative estimate of drug-likeness (QED) is 0.754. The Labute approximate surface area is 148 Å². The molecule has 0 bridgehead atoms. The standard InChI is InChI=1S/C19H26N2O4/c1-3-19(4-2,18(24)25)13-20-17(23)15-10-16(22)21(12-15)11-14-8-6-5-7-9-14/h5-9,15H,3-4,10-13H2,1-2H3,(H,20,23)(H,24,25). The predicted molar refractivity (Wildman–Crippen MR) is 93.6 cm³/mol. The van der Waals surface area contributed by atoms with Gasteiger partial charge in [-0.1, -0.05) is 44.2 Å². The van der Waals surface area contributed by atoms with Gasteiger partial charge in [-0.3, -0.25) is 14.4 Å². The van der Waals surface area contributed by atoms with Crippen LogP contribution in [0.15, 0.2) is 30.3 Å². The van der Waals surface area contributed by atoms with Crippen LogP contribution < -0.4 is 5.32 Å². The zero-order valence-corrected chi connectivity index (χ0v) is 14.8. The summed E-state index contributed by atoms with van der Waals surface area (Å²) in [5, 5.41) is 12.2. The molecule has 6 heteroatoms. The third-order valence-corrected chi connectivity index (χ3v) is 5.21. The average Bonchev–Trinajstić information content (AvgIpc) is 2.97. The zero-order valence-electron chi connectivity index (χ0n) is 14.8. The Morgan fingerprint density at radius 2 is 1.88 bits per heavy atom. The fraction of sp³-hybridized carbons (Fsp3) is 0.526. The first-order valence-corrected chi connectivity index (χ1v) is 8.74. The van der Waals surface area contributed by atoms with Crippen LogP contribution in [-0.4, -0.2) is 40.9 Å². The summed E-state index contributed by atoms with van der Waals surface area (Å²) in [6.45, 7) is 4.58. The number of likely N-dealkylation sites (tertiary alicyclic amines) is 1. The molecule has 0 aliphatic carbocycles. The van der Waals surface area contributed by atoms with E-state index in [0.29, 0.717) is 25.9 Å². The number of carbonyl (C=O) groups excluding carboxylic acids is 2. The average molecular weight is 346 g/mol. The minimum absolute atomic E-state index is 0.0421. The van der Waals surface area contributed by atoms with Crippen molar-refractivity contribution in [1.82, 2.24) is 10.2 Å². The minimum Gasteiger partial charge on any atom is -0.481 e. The van der Waals surface area contributed by atoms with Gasteiger partial charge < -0.3 is 15.3 Å². The molecule has 1 aromatic carbocycles. The number of carbonyl (C=O) groups is 3. The third-order valence-electron chi connectivity index (χ3n) is 5.21. The maximum Gasteiger partial charge on any atom is 0.311 e. The molecule has 136 valence electrons. The van der Waals surface area contributed by atoms with Gasteiger partial charge >= 0.3 is 5.97 Å². The summed E-state index contributed by atoms with van der Waals surface area (Å²) in [6, 6.07) is 9.65. The van der Waals surface area contributed by atoms with Crippen LogP contribution >= 0.6 is 0 Å².